The Kier molecular flexibility index (Phi) is 10.8. The fourth-order valence-electron chi connectivity index (χ4n) is 3.03. The predicted molar refractivity (Wildman–Crippen MR) is 122 cm³/mol. The molecular weight excluding hydrogens is 457 g/mol. The summed E-state index contributed by atoms with van der Waals surface area (Å²) in [7, 11) is 0. The lowest BCUT2D eigenvalue weighted by Gasteiger charge is -2.16. The van der Waals surface area contributed by atoms with E-state index in [0.29, 0.717) is 28.7 Å². The molecule has 0 bridgehead atoms. The second-order valence-corrected chi connectivity index (χ2v) is 8.18. The number of halogens is 3. The molecule has 2 aromatic carbocycles. The molecule has 0 spiro atoms. The molecule has 0 aliphatic heterocycles. The van der Waals surface area contributed by atoms with Crippen molar-refractivity contribution in [2.45, 2.75) is 59.1 Å². The van der Waals surface area contributed by atoms with Crippen molar-refractivity contribution in [1.29, 1.82) is 0 Å². The van der Waals surface area contributed by atoms with Crippen molar-refractivity contribution in [2.75, 3.05) is 13.2 Å². The van der Waals surface area contributed by atoms with E-state index in [9.17, 15) is 4.39 Å². The minimum absolute atomic E-state index is 0.0273. The lowest BCUT2D eigenvalue weighted by Crippen LogP contribution is -2.15. The molecule has 3 nitrogen and oxygen atoms in total. The quantitative estimate of drug-likeness (QED) is 0.302. The van der Waals surface area contributed by atoms with Gasteiger partial charge >= 0.3 is 0 Å². The maximum absolute atomic E-state index is 14.0. The van der Waals surface area contributed by atoms with E-state index < -0.39 is 0 Å². The number of rotatable bonds is 13. The Morgan fingerprint density at radius 3 is 2.59 bits per heavy atom. The molecule has 0 atom stereocenters. The zero-order chi connectivity index (χ0) is 21.1. The summed E-state index contributed by atoms with van der Waals surface area (Å²) in [6.45, 7) is 6.44. The van der Waals surface area contributed by atoms with Gasteiger partial charge < -0.3 is 14.8 Å². The fourth-order valence-corrected chi connectivity index (χ4v) is 3.85. The van der Waals surface area contributed by atoms with Crippen LogP contribution in [-0.4, -0.2) is 13.2 Å². The minimum atomic E-state index is -0.383. The maximum Gasteiger partial charge on any atom is 0.175 e. The Morgan fingerprint density at radius 2 is 1.86 bits per heavy atom. The van der Waals surface area contributed by atoms with Crippen LogP contribution in [-0.2, 0) is 13.2 Å². The van der Waals surface area contributed by atoms with Gasteiger partial charge in [0.05, 0.1) is 16.1 Å². The van der Waals surface area contributed by atoms with Crippen LogP contribution in [0.2, 0.25) is 5.02 Å². The summed E-state index contributed by atoms with van der Waals surface area (Å²) in [6, 6.07) is 8.58. The van der Waals surface area contributed by atoms with E-state index in [1.807, 2.05) is 19.1 Å². The molecule has 6 heteroatoms. The number of hydrogen-bond donors (Lipinski definition) is 1. The van der Waals surface area contributed by atoms with Crippen LogP contribution in [0.1, 0.15) is 57.1 Å². The predicted octanol–water partition coefficient (Wildman–Crippen LogP) is 7.28. The summed E-state index contributed by atoms with van der Waals surface area (Å²) < 4.78 is 26.5. The van der Waals surface area contributed by atoms with Crippen LogP contribution in [0.3, 0.4) is 0 Å². The van der Waals surface area contributed by atoms with E-state index >= 15 is 0 Å². The molecule has 0 aliphatic carbocycles. The molecule has 160 valence electrons. The van der Waals surface area contributed by atoms with Gasteiger partial charge in [-0.05, 0) is 65.6 Å². The first-order valence-electron chi connectivity index (χ1n) is 10.3. The molecule has 0 saturated carbocycles. The molecule has 0 saturated heterocycles. The third-order valence-corrected chi connectivity index (χ3v) is 5.52. The van der Waals surface area contributed by atoms with Crippen molar-refractivity contribution in [3.63, 3.8) is 0 Å². The first-order valence-corrected chi connectivity index (χ1v) is 11.5. The van der Waals surface area contributed by atoms with E-state index in [1.54, 1.807) is 12.1 Å². The minimum Gasteiger partial charge on any atom is -0.490 e. The van der Waals surface area contributed by atoms with Crippen LogP contribution >= 0.6 is 27.5 Å². The Bertz CT molecular complexity index is 753. The molecular formula is C23H30BrClFNO2. The van der Waals surface area contributed by atoms with E-state index in [2.05, 4.69) is 28.2 Å². The van der Waals surface area contributed by atoms with Crippen LogP contribution in [0.5, 0.6) is 11.5 Å². The molecule has 1 N–H and O–H groups in total. The molecule has 0 aromatic heterocycles. The summed E-state index contributed by atoms with van der Waals surface area (Å²) in [5.41, 5.74) is 1.43. The topological polar surface area (TPSA) is 30.5 Å². The number of nitrogens with one attached hydrogen (secondary N) is 1. The van der Waals surface area contributed by atoms with Gasteiger partial charge in [0.2, 0.25) is 0 Å². The standard InChI is InChI=1S/C23H30BrClFNO2/c1-3-5-6-7-8-12-27-15-17-13-19(24)23(22(14-17)28-4-2)29-16-18-20(25)10-9-11-21(18)26/h9-11,13-14,27H,3-8,12,15-16H2,1-2H3. The van der Waals surface area contributed by atoms with Crippen molar-refractivity contribution in [2.24, 2.45) is 0 Å². The highest BCUT2D eigenvalue weighted by atomic mass is 79.9. The molecule has 0 fully saturated rings. The largest absolute Gasteiger partial charge is 0.490 e. The molecule has 0 radical (unpaired) electrons. The molecule has 0 heterocycles. The molecule has 0 aliphatic rings. The van der Waals surface area contributed by atoms with Crippen LogP contribution in [0.4, 0.5) is 4.39 Å². The maximum atomic E-state index is 14.0. The summed E-state index contributed by atoms with van der Waals surface area (Å²) in [5.74, 6) is 0.801. The van der Waals surface area contributed by atoms with E-state index in [0.717, 1.165) is 23.1 Å². The highest BCUT2D eigenvalue weighted by Gasteiger charge is 2.15. The number of benzene rings is 2. The third kappa shape index (κ3) is 7.80. The number of hydrogen-bond acceptors (Lipinski definition) is 3. The molecule has 0 unspecified atom stereocenters. The van der Waals surface area contributed by atoms with Gasteiger partial charge in [0.15, 0.2) is 11.5 Å². The van der Waals surface area contributed by atoms with Crippen molar-refractivity contribution in [3.05, 3.63) is 56.8 Å². The first kappa shape index (κ1) is 24.0. The molecule has 0 amide bonds. The monoisotopic (exact) mass is 485 g/mol. The second-order valence-electron chi connectivity index (χ2n) is 6.92. The van der Waals surface area contributed by atoms with Gasteiger partial charge in [-0.1, -0.05) is 50.3 Å². The lowest BCUT2D eigenvalue weighted by molar-refractivity contribution is 0.264. The van der Waals surface area contributed by atoms with Crippen molar-refractivity contribution >= 4 is 27.5 Å². The van der Waals surface area contributed by atoms with Gasteiger partial charge in [-0.15, -0.1) is 0 Å². The Balaban J connectivity index is 2.00. The summed E-state index contributed by atoms with van der Waals surface area (Å²) in [6.07, 6.45) is 6.32. The Labute approximate surface area is 187 Å². The second kappa shape index (κ2) is 13.1. The van der Waals surface area contributed by atoms with Crippen LogP contribution in [0.25, 0.3) is 0 Å². The van der Waals surface area contributed by atoms with Crippen molar-refractivity contribution < 1.29 is 13.9 Å². The average Bonchev–Trinajstić information content (AvgIpc) is 2.68. The highest BCUT2D eigenvalue weighted by Crippen LogP contribution is 2.38. The summed E-state index contributed by atoms with van der Waals surface area (Å²) >= 11 is 9.67. The van der Waals surface area contributed by atoms with E-state index in [4.69, 9.17) is 21.1 Å². The van der Waals surface area contributed by atoms with Gasteiger partial charge in [-0.2, -0.15) is 0 Å². The summed E-state index contributed by atoms with van der Waals surface area (Å²) in [5, 5.41) is 3.83. The summed E-state index contributed by atoms with van der Waals surface area (Å²) in [4.78, 5) is 0. The zero-order valence-electron chi connectivity index (χ0n) is 17.2. The van der Waals surface area contributed by atoms with Crippen LogP contribution in [0, 0.1) is 5.82 Å². The van der Waals surface area contributed by atoms with Gasteiger partial charge in [0, 0.05) is 12.1 Å². The highest BCUT2D eigenvalue weighted by molar-refractivity contribution is 9.10. The van der Waals surface area contributed by atoms with Gasteiger partial charge in [0.25, 0.3) is 0 Å². The third-order valence-electron chi connectivity index (χ3n) is 4.58. The molecule has 2 rings (SSSR count). The zero-order valence-corrected chi connectivity index (χ0v) is 19.5. The smallest absolute Gasteiger partial charge is 0.175 e. The van der Waals surface area contributed by atoms with Crippen LogP contribution < -0.4 is 14.8 Å². The van der Waals surface area contributed by atoms with Gasteiger partial charge in [0.1, 0.15) is 12.4 Å². The van der Waals surface area contributed by atoms with Crippen molar-refractivity contribution in [1.82, 2.24) is 5.32 Å². The van der Waals surface area contributed by atoms with Crippen molar-refractivity contribution in [3.8, 4) is 11.5 Å². The van der Waals surface area contributed by atoms with Gasteiger partial charge in [-0.25, -0.2) is 4.39 Å². The lowest BCUT2D eigenvalue weighted by atomic mass is 10.1. The Morgan fingerprint density at radius 1 is 1.07 bits per heavy atom. The molecule has 2 aromatic rings. The van der Waals surface area contributed by atoms with Gasteiger partial charge in [-0.3, -0.25) is 0 Å². The van der Waals surface area contributed by atoms with E-state index in [-0.39, 0.29) is 12.4 Å². The SMILES string of the molecule is CCCCCCCNCc1cc(Br)c(OCc2c(F)cccc2Cl)c(OCC)c1. The number of ether oxygens (including phenoxy) is 2. The Hall–Kier alpha value is -1.30. The first-order chi connectivity index (χ1) is 14.1. The average molecular weight is 487 g/mol. The normalized spacial score (nSPS) is 10.9. The van der Waals surface area contributed by atoms with E-state index in [1.165, 1.54) is 38.2 Å². The van der Waals surface area contributed by atoms with Crippen LogP contribution in [0.15, 0.2) is 34.8 Å². The molecule has 29 heavy (non-hydrogen) atoms. The fraction of sp³-hybridized carbons (Fsp3) is 0.478. The number of unbranched alkanes of at least 4 members (excludes halogenated alkanes) is 4.